The molecule has 0 aromatic heterocycles. The van der Waals surface area contributed by atoms with Crippen LogP contribution < -0.4 is 0 Å². The Balaban J connectivity index is 2.03. The van der Waals surface area contributed by atoms with Gasteiger partial charge in [0, 0.05) is 0 Å². The summed E-state index contributed by atoms with van der Waals surface area (Å²) in [5.74, 6) is -0.235. The zero-order valence-corrected chi connectivity index (χ0v) is 8.87. The summed E-state index contributed by atoms with van der Waals surface area (Å²) in [7, 11) is 0. The van der Waals surface area contributed by atoms with Crippen LogP contribution in [0.1, 0.15) is 18.4 Å². The van der Waals surface area contributed by atoms with E-state index in [1.807, 2.05) is 0 Å². The van der Waals surface area contributed by atoms with E-state index in [-0.39, 0.29) is 16.6 Å². The van der Waals surface area contributed by atoms with E-state index in [4.69, 9.17) is 4.74 Å². The molecule has 1 heterocycles. The highest BCUT2D eigenvalue weighted by Gasteiger charge is 2.64. The van der Waals surface area contributed by atoms with Crippen LogP contribution in [0, 0.1) is 22.6 Å². The van der Waals surface area contributed by atoms with E-state index in [1.165, 1.54) is 12.1 Å². The second-order valence-corrected chi connectivity index (χ2v) is 4.78. The first-order valence-corrected chi connectivity index (χ1v) is 5.48. The zero-order valence-electron chi connectivity index (χ0n) is 8.87. The van der Waals surface area contributed by atoms with Crippen LogP contribution >= 0.6 is 0 Å². The Hall–Kier alpha value is -1.40. The summed E-state index contributed by atoms with van der Waals surface area (Å²) in [5.41, 5.74) is 0.595. The normalized spacial score (nSPS) is 24.2. The maximum atomic E-state index is 12.9. The molecule has 0 spiro atoms. The van der Waals surface area contributed by atoms with Crippen LogP contribution in [0.15, 0.2) is 24.3 Å². The van der Waals surface area contributed by atoms with Crippen molar-refractivity contribution >= 4 is 0 Å². The van der Waals surface area contributed by atoms with Gasteiger partial charge in [-0.05, 0) is 30.5 Å². The zero-order chi connectivity index (χ0) is 11.2. The average molecular weight is 217 g/mol. The van der Waals surface area contributed by atoms with Crippen molar-refractivity contribution in [1.29, 1.82) is 5.26 Å². The monoisotopic (exact) mass is 217 g/mol. The molecule has 0 amide bonds. The van der Waals surface area contributed by atoms with E-state index >= 15 is 0 Å². The molecule has 0 atom stereocenters. The summed E-state index contributed by atoms with van der Waals surface area (Å²) in [6.45, 7) is 1.18. The fourth-order valence-corrected chi connectivity index (χ4v) is 2.62. The lowest BCUT2D eigenvalue weighted by molar-refractivity contribution is -0.0867. The van der Waals surface area contributed by atoms with E-state index in [0.29, 0.717) is 13.2 Å². The quantitative estimate of drug-likeness (QED) is 0.762. The van der Waals surface area contributed by atoms with Gasteiger partial charge >= 0.3 is 0 Å². The SMILES string of the molecule is N#CC1(C2(c3ccc(F)cc3)COC2)CC1. The van der Waals surface area contributed by atoms with Crippen LogP contribution in [0.3, 0.4) is 0 Å². The molecule has 2 nitrogen and oxygen atoms in total. The van der Waals surface area contributed by atoms with Crippen molar-refractivity contribution in [3.63, 3.8) is 0 Å². The molecule has 16 heavy (non-hydrogen) atoms. The van der Waals surface area contributed by atoms with Crippen LogP contribution in [-0.2, 0) is 10.2 Å². The van der Waals surface area contributed by atoms with Gasteiger partial charge in [-0.2, -0.15) is 5.26 Å². The number of hydrogen-bond donors (Lipinski definition) is 0. The van der Waals surface area contributed by atoms with Crippen molar-refractivity contribution in [3.05, 3.63) is 35.6 Å². The van der Waals surface area contributed by atoms with Crippen molar-refractivity contribution in [2.45, 2.75) is 18.3 Å². The van der Waals surface area contributed by atoms with Crippen molar-refractivity contribution in [3.8, 4) is 6.07 Å². The molecule has 1 saturated carbocycles. The predicted molar refractivity (Wildman–Crippen MR) is 56.2 cm³/mol. The number of nitriles is 1. The van der Waals surface area contributed by atoms with E-state index in [9.17, 15) is 9.65 Å². The third-order valence-electron chi connectivity index (χ3n) is 3.97. The molecule has 1 saturated heterocycles. The van der Waals surface area contributed by atoms with Crippen LogP contribution in [0.25, 0.3) is 0 Å². The van der Waals surface area contributed by atoms with Gasteiger partial charge in [-0.25, -0.2) is 4.39 Å². The lowest BCUT2D eigenvalue weighted by Gasteiger charge is -2.45. The molecule has 1 aliphatic carbocycles. The van der Waals surface area contributed by atoms with Crippen molar-refractivity contribution in [2.75, 3.05) is 13.2 Å². The van der Waals surface area contributed by atoms with Gasteiger partial charge in [0.15, 0.2) is 0 Å². The third kappa shape index (κ3) is 1.08. The fraction of sp³-hybridized carbons (Fsp3) is 0.462. The largest absolute Gasteiger partial charge is 0.379 e. The van der Waals surface area contributed by atoms with Crippen molar-refractivity contribution in [1.82, 2.24) is 0 Å². The van der Waals surface area contributed by atoms with Crippen LogP contribution in [0.5, 0.6) is 0 Å². The summed E-state index contributed by atoms with van der Waals surface area (Å²) < 4.78 is 18.2. The Morgan fingerprint density at radius 1 is 1.19 bits per heavy atom. The van der Waals surface area contributed by atoms with E-state index in [2.05, 4.69) is 6.07 Å². The summed E-state index contributed by atoms with van der Waals surface area (Å²) in [6.07, 6.45) is 1.87. The first-order valence-electron chi connectivity index (χ1n) is 5.48. The highest BCUT2D eigenvalue weighted by Crippen LogP contribution is 2.61. The number of benzene rings is 1. The van der Waals surface area contributed by atoms with Gasteiger partial charge in [0.2, 0.25) is 0 Å². The fourth-order valence-electron chi connectivity index (χ4n) is 2.62. The molecular formula is C13H12FNO. The minimum absolute atomic E-state index is 0.185. The number of ether oxygens (including phenoxy) is 1. The first-order chi connectivity index (χ1) is 7.72. The molecule has 1 aliphatic heterocycles. The summed E-state index contributed by atoms with van der Waals surface area (Å²) in [6, 6.07) is 8.93. The van der Waals surface area contributed by atoms with Gasteiger partial charge in [0.25, 0.3) is 0 Å². The first kappa shape index (κ1) is 9.80. The second kappa shape index (κ2) is 3.05. The third-order valence-corrected chi connectivity index (χ3v) is 3.97. The lowest BCUT2D eigenvalue weighted by atomic mass is 9.67. The average Bonchev–Trinajstić information content (AvgIpc) is 3.01. The Morgan fingerprint density at radius 3 is 2.19 bits per heavy atom. The molecule has 0 N–H and O–H groups in total. The number of rotatable bonds is 2. The summed E-state index contributed by atoms with van der Waals surface area (Å²) in [5, 5.41) is 9.29. The molecule has 0 bridgehead atoms. The summed E-state index contributed by atoms with van der Waals surface area (Å²) >= 11 is 0. The molecule has 3 rings (SSSR count). The number of hydrogen-bond acceptors (Lipinski definition) is 2. The predicted octanol–water partition coefficient (Wildman–Crippen LogP) is 2.40. The van der Waals surface area contributed by atoms with Gasteiger partial charge in [0.05, 0.1) is 30.1 Å². The van der Waals surface area contributed by atoms with Crippen molar-refractivity contribution in [2.24, 2.45) is 5.41 Å². The standard InChI is InChI=1S/C13H12FNO/c14-11-3-1-10(2-4-11)13(8-16-9-13)12(7-15)5-6-12/h1-4H,5-6,8-9H2. The van der Waals surface area contributed by atoms with E-state index < -0.39 is 0 Å². The number of halogens is 1. The molecule has 1 aromatic carbocycles. The molecule has 0 unspecified atom stereocenters. The minimum Gasteiger partial charge on any atom is -0.379 e. The molecule has 3 heteroatoms. The minimum atomic E-state index is -0.261. The van der Waals surface area contributed by atoms with Gasteiger partial charge in [0.1, 0.15) is 5.82 Å². The van der Waals surface area contributed by atoms with Gasteiger partial charge in [-0.1, -0.05) is 12.1 Å². The molecule has 2 aliphatic rings. The molecule has 0 radical (unpaired) electrons. The van der Waals surface area contributed by atoms with Crippen molar-refractivity contribution < 1.29 is 9.13 Å². The van der Waals surface area contributed by atoms with E-state index in [1.54, 1.807) is 12.1 Å². The smallest absolute Gasteiger partial charge is 0.123 e. The lowest BCUT2D eigenvalue weighted by Crippen LogP contribution is -2.53. The van der Waals surface area contributed by atoms with E-state index in [0.717, 1.165) is 18.4 Å². The number of nitrogens with zero attached hydrogens (tertiary/aromatic N) is 1. The Morgan fingerprint density at radius 2 is 1.81 bits per heavy atom. The highest BCUT2D eigenvalue weighted by molar-refractivity contribution is 5.38. The van der Waals surface area contributed by atoms with Crippen LogP contribution in [0.2, 0.25) is 0 Å². The van der Waals surface area contributed by atoms with Gasteiger partial charge in [-0.15, -0.1) is 0 Å². The van der Waals surface area contributed by atoms with Gasteiger partial charge in [-0.3, -0.25) is 0 Å². The Kier molecular flexibility index (Phi) is 1.87. The highest BCUT2D eigenvalue weighted by atomic mass is 19.1. The maximum absolute atomic E-state index is 12.9. The molecule has 82 valence electrons. The molecule has 1 aromatic rings. The Bertz CT molecular complexity index is 452. The van der Waals surface area contributed by atoms with Crippen LogP contribution in [-0.4, -0.2) is 13.2 Å². The molecular weight excluding hydrogens is 205 g/mol. The maximum Gasteiger partial charge on any atom is 0.123 e. The van der Waals surface area contributed by atoms with Crippen LogP contribution in [0.4, 0.5) is 4.39 Å². The summed E-state index contributed by atoms with van der Waals surface area (Å²) in [4.78, 5) is 0. The molecule has 2 fully saturated rings. The topological polar surface area (TPSA) is 33.0 Å². The van der Waals surface area contributed by atoms with Gasteiger partial charge < -0.3 is 4.74 Å². The second-order valence-electron chi connectivity index (χ2n) is 4.78. The Labute approximate surface area is 93.6 Å².